The fourth-order valence-corrected chi connectivity index (χ4v) is 6.50. The molecule has 2 heterocycles. The van der Waals surface area contributed by atoms with Gasteiger partial charge in [-0.05, 0) is 36.6 Å². The molecule has 9 heteroatoms. The van der Waals surface area contributed by atoms with Crippen molar-refractivity contribution in [3.8, 4) is 0 Å². The van der Waals surface area contributed by atoms with Crippen LogP contribution in [-0.4, -0.2) is 48.2 Å². The number of rotatable bonds is 5. The van der Waals surface area contributed by atoms with Gasteiger partial charge in [-0.3, -0.25) is 9.59 Å². The summed E-state index contributed by atoms with van der Waals surface area (Å²) < 4.78 is 29.9. The van der Waals surface area contributed by atoms with Crippen LogP contribution in [0.3, 0.4) is 0 Å². The normalized spacial score (nSPS) is 15.9. The molecule has 31 heavy (non-hydrogen) atoms. The molecule has 1 fully saturated rings. The van der Waals surface area contributed by atoms with Gasteiger partial charge in [0.25, 0.3) is 0 Å². The standard InChI is InChI=1S/C22H25N3O4S2/c1-23(15-16-6-4-3-5-7-16)21(26)17-10-12-25(13-11-17)31(28,29)18-8-9-19-20(14-18)30-22(27)24(19)2/h3-9,14,17H,10-13,15H2,1-2H3. The Morgan fingerprint density at radius 2 is 1.81 bits per heavy atom. The zero-order valence-corrected chi connectivity index (χ0v) is 19.2. The van der Waals surface area contributed by atoms with E-state index in [1.807, 2.05) is 30.3 Å². The number of aryl methyl sites for hydroxylation is 1. The van der Waals surface area contributed by atoms with E-state index >= 15 is 0 Å². The minimum Gasteiger partial charge on any atom is -0.341 e. The van der Waals surface area contributed by atoms with E-state index in [2.05, 4.69) is 0 Å². The summed E-state index contributed by atoms with van der Waals surface area (Å²) in [7, 11) is -0.208. The van der Waals surface area contributed by atoms with Crippen LogP contribution in [0.4, 0.5) is 0 Å². The molecule has 0 saturated carbocycles. The number of amides is 1. The van der Waals surface area contributed by atoms with Crippen molar-refractivity contribution in [2.24, 2.45) is 13.0 Å². The van der Waals surface area contributed by atoms with E-state index in [0.717, 1.165) is 22.4 Å². The third-order valence-corrected chi connectivity index (χ3v) is 8.73. The minimum absolute atomic E-state index is 0.0522. The van der Waals surface area contributed by atoms with Crippen molar-refractivity contribution in [2.45, 2.75) is 24.3 Å². The molecule has 2 aromatic carbocycles. The molecule has 0 spiro atoms. The van der Waals surface area contributed by atoms with E-state index in [-0.39, 0.29) is 21.6 Å². The van der Waals surface area contributed by atoms with Crippen LogP contribution < -0.4 is 4.87 Å². The molecular weight excluding hydrogens is 434 g/mol. The minimum atomic E-state index is -3.67. The van der Waals surface area contributed by atoms with Crippen LogP contribution in [0, 0.1) is 5.92 Å². The maximum Gasteiger partial charge on any atom is 0.307 e. The second-order valence-electron chi connectivity index (χ2n) is 7.91. The number of piperidine rings is 1. The third kappa shape index (κ3) is 4.30. The van der Waals surface area contributed by atoms with Gasteiger partial charge in [0.2, 0.25) is 15.9 Å². The highest BCUT2D eigenvalue weighted by molar-refractivity contribution is 7.89. The van der Waals surface area contributed by atoms with E-state index in [0.29, 0.717) is 37.2 Å². The van der Waals surface area contributed by atoms with Gasteiger partial charge < -0.3 is 9.47 Å². The van der Waals surface area contributed by atoms with Gasteiger partial charge in [0, 0.05) is 39.6 Å². The highest BCUT2D eigenvalue weighted by Gasteiger charge is 2.33. The first-order valence-corrected chi connectivity index (χ1v) is 12.4. The van der Waals surface area contributed by atoms with Crippen molar-refractivity contribution in [3.05, 3.63) is 63.8 Å². The molecule has 0 radical (unpaired) electrons. The molecule has 4 rings (SSSR count). The molecule has 1 amide bonds. The average molecular weight is 460 g/mol. The lowest BCUT2D eigenvalue weighted by Crippen LogP contribution is -2.43. The summed E-state index contributed by atoms with van der Waals surface area (Å²) >= 11 is 1.04. The Hall–Kier alpha value is -2.49. The molecule has 0 unspecified atom stereocenters. The van der Waals surface area contributed by atoms with Crippen molar-refractivity contribution < 1.29 is 13.2 Å². The molecule has 164 valence electrons. The number of benzene rings is 2. The second-order valence-corrected chi connectivity index (χ2v) is 10.8. The number of sulfonamides is 1. The first-order chi connectivity index (χ1) is 14.8. The topological polar surface area (TPSA) is 79.7 Å². The number of nitrogens with zero attached hydrogens (tertiary/aromatic N) is 3. The first kappa shape index (κ1) is 21.7. The molecule has 0 atom stereocenters. The van der Waals surface area contributed by atoms with Crippen LogP contribution in [0.2, 0.25) is 0 Å². The van der Waals surface area contributed by atoms with Gasteiger partial charge >= 0.3 is 4.87 Å². The summed E-state index contributed by atoms with van der Waals surface area (Å²) in [5.74, 6) is -0.126. The van der Waals surface area contributed by atoms with Gasteiger partial charge in [-0.1, -0.05) is 41.7 Å². The summed E-state index contributed by atoms with van der Waals surface area (Å²) in [6.07, 6.45) is 0.996. The molecule has 1 aliphatic rings. The zero-order chi connectivity index (χ0) is 22.2. The van der Waals surface area contributed by atoms with E-state index in [4.69, 9.17) is 0 Å². The van der Waals surface area contributed by atoms with Crippen molar-refractivity contribution in [1.29, 1.82) is 0 Å². The molecule has 1 aromatic heterocycles. The van der Waals surface area contributed by atoms with Gasteiger partial charge in [0.05, 0.1) is 15.1 Å². The Labute approximate surface area is 185 Å². The van der Waals surface area contributed by atoms with Gasteiger partial charge in [0.1, 0.15) is 0 Å². The molecular formula is C22H25N3O4S2. The second kappa shape index (κ2) is 8.57. The van der Waals surface area contributed by atoms with Gasteiger partial charge in [-0.15, -0.1) is 0 Å². The predicted octanol–water partition coefficient (Wildman–Crippen LogP) is 2.66. The van der Waals surface area contributed by atoms with Crippen LogP contribution in [0.1, 0.15) is 18.4 Å². The van der Waals surface area contributed by atoms with Gasteiger partial charge in [0.15, 0.2) is 0 Å². The predicted molar refractivity (Wildman–Crippen MR) is 121 cm³/mol. The highest BCUT2D eigenvalue weighted by atomic mass is 32.2. The quantitative estimate of drug-likeness (QED) is 0.588. The fraction of sp³-hybridized carbons (Fsp3) is 0.364. The Morgan fingerprint density at radius 3 is 2.48 bits per heavy atom. The highest BCUT2D eigenvalue weighted by Crippen LogP contribution is 2.28. The van der Waals surface area contributed by atoms with Crippen LogP contribution in [-0.2, 0) is 28.4 Å². The molecule has 3 aromatic rings. The number of hydrogen-bond donors (Lipinski definition) is 0. The number of carbonyl (C=O) groups excluding carboxylic acids is 1. The lowest BCUT2D eigenvalue weighted by Gasteiger charge is -2.32. The number of fused-ring (bicyclic) bond motifs is 1. The summed E-state index contributed by atoms with van der Waals surface area (Å²) in [4.78, 5) is 26.5. The molecule has 0 bridgehead atoms. The number of aromatic nitrogens is 1. The number of thiazole rings is 1. The van der Waals surface area contributed by atoms with Crippen molar-refractivity contribution in [2.75, 3.05) is 20.1 Å². The van der Waals surface area contributed by atoms with E-state index in [1.165, 1.54) is 8.87 Å². The molecule has 7 nitrogen and oxygen atoms in total. The van der Waals surface area contributed by atoms with E-state index in [9.17, 15) is 18.0 Å². The maximum absolute atomic E-state index is 13.1. The molecule has 1 aliphatic heterocycles. The monoisotopic (exact) mass is 459 g/mol. The summed E-state index contributed by atoms with van der Waals surface area (Å²) in [6.45, 7) is 1.15. The lowest BCUT2D eigenvalue weighted by atomic mass is 9.96. The number of hydrogen-bond acceptors (Lipinski definition) is 5. The molecule has 0 aliphatic carbocycles. The van der Waals surface area contributed by atoms with Crippen LogP contribution in [0.15, 0.2) is 58.2 Å². The third-order valence-electron chi connectivity index (χ3n) is 5.84. The Bertz CT molecular complexity index is 1260. The molecule has 0 N–H and O–H groups in total. The Morgan fingerprint density at radius 1 is 1.13 bits per heavy atom. The van der Waals surface area contributed by atoms with Gasteiger partial charge in [-0.25, -0.2) is 8.42 Å². The lowest BCUT2D eigenvalue weighted by molar-refractivity contribution is -0.135. The zero-order valence-electron chi connectivity index (χ0n) is 17.5. The van der Waals surface area contributed by atoms with Crippen molar-refractivity contribution in [1.82, 2.24) is 13.8 Å². The summed E-state index contributed by atoms with van der Waals surface area (Å²) in [6, 6.07) is 14.6. The molecule has 1 saturated heterocycles. The fourth-order valence-electron chi connectivity index (χ4n) is 4.01. The summed E-state index contributed by atoms with van der Waals surface area (Å²) in [5, 5.41) is 0. The van der Waals surface area contributed by atoms with Gasteiger partial charge in [-0.2, -0.15) is 4.31 Å². The number of carbonyl (C=O) groups is 1. The maximum atomic E-state index is 13.1. The largest absolute Gasteiger partial charge is 0.341 e. The smallest absolute Gasteiger partial charge is 0.307 e. The van der Waals surface area contributed by atoms with Crippen LogP contribution in [0.5, 0.6) is 0 Å². The Kier molecular flexibility index (Phi) is 6.00. The van der Waals surface area contributed by atoms with Crippen molar-refractivity contribution in [3.63, 3.8) is 0 Å². The average Bonchev–Trinajstić information content (AvgIpc) is 3.07. The van der Waals surface area contributed by atoms with E-state index in [1.54, 1.807) is 37.2 Å². The van der Waals surface area contributed by atoms with Crippen LogP contribution >= 0.6 is 11.3 Å². The first-order valence-electron chi connectivity index (χ1n) is 10.2. The SMILES string of the molecule is CN(Cc1ccccc1)C(=O)C1CCN(S(=O)(=O)c2ccc3c(c2)sc(=O)n3C)CC1. The van der Waals surface area contributed by atoms with Crippen LogP contribution in [0.25, 0.3) is 10.2 Å². The van der Waals surface area contributed by atoms with E-state index < -0.39 is 10.0 Å². The summed E-state index contributed by atoms with van der Waals surface area (Å²) in [5.41, 5.74) is 1.79. The Balaban J connectivity index is 1.43. The van der Waals surface area contributed by atoms with Crippen molar-refractivity contribution >= 4 is 37.5 Å².